The predicted octanol–water partition coefficient (Wildman–Crippen LogP) is 4.79. The van der Waals surface area contributed by atoms with Crippen molar-refractivity contribution in [1.82, 2.24) is 24.1 Å². The SMILES string of the molecule is COc1ncc(-c2nc3c(n2C(C)C)CN(c2cc(Cl)cn(C)c2=O)C3=O)c(OC)n1.Clc1ccccc1. The maximum atomic E-state index is 13.2. The molecule has 0 saturated heterocycles. The fourth-order valence-corrected chi connectivity index (χ4v) is 4.49. The Hall–Kier alpha value is -3.89. The van der Waals surface area contributed by atoms with Crippen molar-refractivity contribution in [3.63, 3.8) is 0 Å². The third-order valence-electron chi connectivity index (χ3n) is 5.79. The maximum Gasteiger partial charge on any atom is 0.319 e. The Morgan fingerprint density at radius 2 is 1.71 bits per heavy atom. The smallest absolute Gasteiger partial charge is 0.319 e. The van der Waals surface area contributed by atoms with Crippen molar-refractivity contribution in [3.05, 3.63) is 80.6 Å². The summed E-state index contributed by atoms with van der Waals surface area (Å²) in [5, 5.41) is 1.16. The van der Waals surface area contributed by atoms with Crippen LogP contribution in [0.5, 0.6) is 11.9 Å². The molecule has 0 aliphatic carbocycles. The average molecular weight is 557 g/mol. The van der Waals surface area contributed by atoms with Crippen molar-refractivity contribution in [1.29, 1.82) is 0 Å². The number of anilines is 1. The quantitative estimate of drug-likeness (QED) is 0.348. The highest BCUT2D eigenvalue weighted by atomic mass is 35.5. The Bertz CT molecular complexity index is 1530. The fraction of sp³-hybridized carbons (Fsp3) is 0.269. The first-order chi connectivity index (χ1) is 18.2. The molecule has 0 radical (unpaired) electrons. The highest BCUT2D eigenvalue weighted by molar-refractivity contribution is 6.31. The lowest BCUT2D eigenvalue weighted by atomic mass is 10.2. The highest BCUT2D eigenvalue weighted by Crippen LogP contribution is 2.36. The Morgan fingerprint density at radius 1 is 1.00 bits per heavy atom. The third kappa shape index (κ3) is 5.23. The molecule has 0 spiro atoms. The van der Waals surface area contributed by atoms with Gasteiger partial charge in [0.2, 0.25) is 5.88 Å². The number of benzene rings is 1. The number of amides is 1. The highest BCUT2D eigenvalue weighted by Gasteiger charge is 2.38. The van der Waals surface area contributed by atoms with E-state index in [1.807, 2.05) is 48.7 Å². The van der Waals surface area contributed by atoms with Gasteiger partial charge in [-0.1, -0.05) is 41.4 Å². The molecule has 3 aromatic heterocycles. The summed E-state index contributed by atoms with van der Waals surface area (Å²) in [5.74, 6) is 0.417. The molecule has 0 saturated carbocycles. The van der Waals surface area contributed by atoms with Crippen LogP contribution in [0.2, 0.25) is 10.0 Å². The van der Waals surface area contributed by atoms with E-state index in [0.29, 0.717) is 22.1 Å². The number of hydrogen-bond donors (Lipinski definition) is 0. The van der Waals surface area contributed by atoms with E-state index in [-0.39, 0.29) is 47.3 Å². The number of fused-ring (bicyclic) bond motifs is 1. The van der Waals surface area contributed by atoms with Crippen molar-refractivity contribution in [2.24, 2.45) is 7.05 Å². The normalized spacial score (nSPS) is 12.3. The van der Waals surface area contributed by atoms with Crippen molar-refractivity contribution in [2.75, 3.05) is 19.1 Å². The molecule has 198 valence electrons. The van der Waals surface area contributed by atoms with E-state index in [4.69, 9.17) is 32.7 Å². The van der Waals surface area contributed by atoms with E-state index in [9.17, 15) is 9.59 Å². The molecule has 38 heavy (non-hydrogen) atoms. The number of hydrogen-bond acceptors (Lipinski definition) is 7. The molecular formula is C26H26Cl2N6O4. The van der Waals surface area contributed by atoms with Crippen molar-refractivity contribution in [2.45, 2.75) is 26.4 Å². The largest absolute Gasteiger partial charge is 0.480 e. The van der Waals surface area contributed by atoms with E-state index in [0.717, 1.165) is 5.02 Å². The molecule has 1 aromatic carbocycles. The zero-order chi connectivity index (χ0) is 27.6. The number of rotatable bonds is 5. The third-order valence-corrected chi connectivity index (χ3v) is 6.24. The van der Waals surface area contributed by atoms with Crippen LogP contribution in [0.25, 0.3) is 11.4 Å². The molecule has 0 fully saturated rings. The average Bonchev–Trinajstić information content (AvgIpc) is 3.43. The van der Waals surface area contributed by atoms with Crippen molar-refractivity contribution in [3.8, 4) is 23.3 Å². The first kappa shape index (κ1) is 27.2. The number of carbonyl (C=O) groups is 1. The van der Waals surface area contributed by atoms with Crippen molar-refractivity contribution >= 4 is 34.8 Å². The van der Waals surface area contributed by atoms with E-state index in [1.165, 1.54) is 35.9 Å². The van der Waals surface area contributed by atoms with E-state index in [1.54, 1.807) is 13.2 Å². The molecule has 0 bridgehead atoms. The van der Waals surface area contributed by atoms with E-state index >= 15 is 0 Å². The molecular weight excluding hydrogens is 531 g/mol. The van der Waals surface area contributed by atoms with Crippen LogP contribution in [0.1, 0.15) is 36.1 Å². The van der Waals surface area contributed by atoms with Crippen LogP contribution in [-0.2, 0) is 13.6 Å². The zero-order valence-electron chi connectivity index (χ0n) is 21.5. The number of aromatic nitrogens is 5. The number of carbonyl (C=O) groups excluding carboxylic acids is 1. The Labute approximate surface area is 229 Å². The Balaban J connectivity index is 0.000000417. The molecule has 1 amide bonds. The molecule has 12 heteroatoms. The minimum absolute atomic E-state index is 0.0343. The number of nitrogens with zero attached hydrogens (tertiary/aromatic N) is 6. The Morgan fingerprint density at radius 3 is 2.29 bits per heavy atom. The summed E-state index contributed by atoms with van der Waals surface area (Å²) in [4.78, 5) is 40.2. The van der Waals surface area contributed by atoms with Gasteiger partial charge in [0, 0.05) is 30.5 Å². The summed E-state index contributed by atoms with van der Waals surface area (Å²) in [7, 11) is 4.54. The number of pyridine rings is 1. The lowest BCUT2D eigenvalue weighted by molar-refractivity contribution is 0.0992. The van der Waals surface area contributed by atoms with E-state index < -0.39 is 0 Å². The van der Waals surface area contributed by atoms with Crippen LogP contribution in [0.3, 0.4) is 0 Å². The van der Waals surface area contributed by atoms with Gasteiger partial charge >= 0.3 is 6.01 Å². The van der Waals surface area contributed by atoms with Crippen LogP contribution < -0.4 is 19.9 Å². The van der Waals surface area contributed by atoms with Crippen LogP contribution in [0.4, 0.5) is 5.69 Å². The molecule has 0 atom stereocenters. The summed E-state index contributed by atoms with van der Waals surface area (Å²) in [5.41, 5.74) is 1.38. The van der Waals surface area contributed by atoms with Gasteiger partial charge in [0.1, 0.15) is 11.5 Å². The topological polar surface area (TPSA) is 104 Å². The fourth-order valence-electron chi connectivity index (χ4n) is 4.10. The van der Waals surface area contributed by atoms with Gasteiger partial charge in [-0.25, -0.2) is 9.97 Å². The standard InChI is InChI=1S/C20H21ClN6O4.C6H5Cl/c1-10(2)27-14-9-26(13-6-11(21)8-25(3)18(13)28)19(29)15(14)23-16(27)12-7-22-20(31-5)24-17(12)30-4;7-6-4-2-1-3-5-6/h6-8,10H,9H2,1-5H3;1-5H. The van der Waals surface area contributed by atoms with Crippen LogP contribution >= 0.6 is 23.2 Å². The molecule has 0 unspecified atom stereocenters. The monoisotopic (exact) mass is 556 g/mol. The van der Waals surface area contributed by atoms with Gasteiger partial charge in [0.25, 0.3) is 11.5 Å². The number of methoxy groups -OCH3 is 2. The lowest BCUT2D eigenvalue weighted by Crippen LogP contribution is -2.32. The molecule has 5 rings (SSSR count). The summed E-state index contributed by atoms with van der Waals surface area (Å²) in [6, 6.07) is 11.1. The molecule has 4 heterocycles. The second-order valence-electron chi connectivity index (χ2n) is 8.62. The van der Waals surface area contributed by atoms with E-state index in [2.05, 4.69) is 15.0 Å². The molecule has 10 nitrogen and oxygen atoms in total. The van der Waals surface area contributed by atoms with Crippen LogP contribution in [-0.4, -0.2) is 44.2 Å². The number of aryl methyl sites for hydroxylation is 1. The lowest BCUT2D eigenvalue weighted by Gasteiger charge is -2.20. The predicted molar refractivity (Wildman–Crippen MR) is 145 cm³/mol. The molecule has 1 aliphatic rings. The minimum atomic E-state index is -0.372. The number of halogens is 2. The summed E-state index contributed by atoms with van der Waals surface area (Å²) in [6.07, 6.45) is 3.05. The summed E-state index contributed by atoms with van der Waals surface area (Å²) < 4.78 is 13.7. The first-order valence-corrected chi connectivity index (χ1v) is 12.4. The maximum absolute atomic E-state index is 13.2. The second kappa shape index (κ2) is 11.2. The van der Waals surface area contributed by atoms with Crippen molar-refractivity contribution < 1.29 is 14.3 Å². The molecule has 0 N–H and O–H groups in total. The summed E-state index contributed by atoms with van der Waals surface area (Å²) >= 11 is 11.7. The second-order valence-corrected chi connectivity index (χ2v) is 9.49. The first-order valence-electron chi connectivity index (χ1n) is 11.6. The zero-order valence-corrected chi connectivity index (χ0v) is 23.0. The van der Waals surface area contributed by atoms with Crippen LogP contribution in [0.15, 0.2) is 53.6 Å². The molecule has 4 aromatic rings. The summed E-state index contributed by atoms with van der Waals surface area (Å²) in [6.45, 7) is 4.15. The van der Waals surface area contributed by atoms with Gasteiger partial charge < -0.3 is 18.6 Å². The number of imidazole rings is 1. The van der Waals surface area contributed by atoms with Gasteiger partial charge in [-0.3, -0.25) is 14.5 Å². The van der Waals surface area contributed by atoms with Gasteiger partial charge in [0.15, 0.2) is 5.69 Å². The van der Waals surface area contributed by atoms with Gasteiger partial charge in [-0.2, -0.15) is 4.98 Å². The molecule has 1 aliphatic heterocycles. The number of ether oxygens (including phenoxy) is 2. The van der Waals surface area contributed by atoms with Crippen LogP contribution in [0, 0.1) is 0 Å². The Kier molecular flexibility index (Phi) is 8.03. The van der Waals surface area contributed by atoms with Gasteiger partial charge in [0.05, 0.1) is 37.0 Å². The van der Waals surface area contributed by atoms with Gasteiger partial charge in [-0.15, -0.1) is 0 Å². The van der Waals surface area contributed by atoms with Gasteiger partial charge in [-0.05, 0) is 32.0 Å². The minimum Gasteiger partial charge on any atom is -0.480 e.